The van der Waals surface area contributed by atoms with Gasteiger partial charge in [-0.05, 0) is 24.1 Å². The Bertz CT molecular complexity index is 994. The van der Waals surface area contributed by atoms with Crippen LogP contribution in [-0.2, 0) is 11.2 Å². The summed E-state index contributed by atoms with van der Waals surface area (Å²) in [6.45, 7) is -1.40. The van der Waals surface area contributed by atoms with Gasteiger partial charge in [0.25, 0.3) is 0 Å². The molecule has 10 heteroatoms. The van der Waals surface area contributed by atoms with Crippen molar-refractivity contribution in [3.63, 3.8) is 0 Å². The Morgan fingerprint density at radius 2 is 1.87 bits per heavy atom. The zero-order chi connectivity index (χ0) is 21.6. The number of amides is 1. The topological polar surface area (TPSA) is 73.3 Å². The lowest BCUT2D eigenvalue weighted by molar-refractivity contribution is -0.153. The van der Waals surface area contributed by atoms with E-state index in [4.69, 9.17) is 9.47 Å². The maximum atomic E-state index is 12.3. The number of alkyl halides is 3. The van der Waals surface area contributed by atoms with E-state index in [1.54, 1.807) is 12.1 Å². The molecule has 1 N–H and O–H groups in total. The summed E-state index contributed by atoms with van der Waals surface area (Å²) >= 11 is 1.27. The third kappa shape index (κ3) is 6.18. The number of anilines is 1. The van der Waals surface area contributed by atoms with Crippen molar-refractivity contribution in [3.05, 3.63) is 54.1 Å². The number of halogens is 3. The molecule has 0 saturated carbocycles. The standard InChI is InChI=1S/C20H18F3N3O3S/c1-28-16-11-13(7-9-15(16)29-12-20(21,22)23)8-10-17(27)24-19-26-25-18(30-19)14-5-3-2-4-6-14/h2-7,9,11H,8,10,12H2,1H3,(H,24,26,27). The quantitative estimate of drug-likeness (QED) is 0.552. The molecule has 0 aliphatic rings. The van der Waals surface area contributed by atoms with Crippen LogP contribution in [0.25, 0.3) is 10.6 Å². The van der Waals surface area contributed by atoms with Crippen LogP contribution in [-0.4, -0.2) is 36.0 Å². The molecule has 0 aliphatic heterocycles. The van der Waals surface area contributed by atoms with Crippen molar-refractivity contribution < 1.29 is 27.4 Å². The van der Waals surface area contributed by atoms with Crippen LogP contribution in [0.3, 0.4) is 0 Å². The molecule has 30 heavy (non-hydrogen) atoms. The van der Waals surface area contributed by atoms with Gasteiger partial charge in [0.2, 0.25) is 11.0 Å². The summed E-state index contributed by atoms with van der Waals surface area (Å²) in [5.74, 6) is -0.0822. The van der Waals surface area contributed by atoms with Gasteiger partial charge in [-0.15, -0.1) is 10.2 Å². The lowest BCUT2D eigenvalue weighted by atomic mass is 10.1. The Hall–Kier alpha value is -3.14. The fourth-order valence-electron chi connectivity index (χ4n) is 2.56. The molecule has 0 atom stereocenters. The predicted octanol–water partition coefficient (Wildman–Crippen LogP) is 4.73. The molecule has 0 unspecified atom stereocenters. The van der Waals surface area contributed by atoms with Crippen LogP contribution in [0.2, 0.25) is 0 Å². The van der Waals surface area contributed by atoms with Crippen LogP contribution in [0.1, 0.15) is 12.0 Å². The Morgan fingerprint density at radius 1 is 1.10 bits per heavy atom. The molecule has 3 aromatic rings. The lowest BCUT2D eigenvalue weighted by Crippen LogP contribution is -2.19. The van der Waals surface area contributed by atoms with Gasteiger partial charge in [0.05, 0.1) is 7.11 Å². The number of methoxy groups -OCH3 is 1. The summed E-state index contributed by atoms with van der Waals surface area (Å²) in [7, 11) is 1.34. The van der Waals surface area contributed by atoms with Crippen molar-refractivity contribution in [2.75, 3.05) is 19.0 Å². The van der Waals surface area contributed by atoms with Crippen LogP contribution in [0.15, 0.2) is 48.5 Å². The Morgan fingerprint density at radius 3 is 2.57 bits per heavy atom. The first-order valence-electron chi connectivity index (χ1n) is 8.89. The van der Waals surface area contributed by atoms with Gasteiger partial charge in [0.1, 0.15) is 5.01 Å². The molecule has 1 heterocycles. The first-order valence-corrected chi connectivity index (χ1v) is 9.71. The van der Waals surface area contributed by atoms with Gasteiger partial charge in [0.15, 0.2) is 18.1 Å². The molecule has 0 spiro atoms. The van der Waals surface area contributed by atoms with Crippen LogP contribution < -0.4 is 14.8 Å². The number of ether oxygens (including phenoxy) is 2. The second-order valence-corrected chi connectivity index (χ2v) is 7.19. The molecule has 0 aliphatic carbocycles. The van der Waals surface area contributed by atoms with Crippen LogP contribution in [0.4, 0.5) is 18.3 Å². The van der Waals surface area contributed by atoms with E-state index < -0.39 is 12.8 Å². The third-order valence-electron chi connectivity index (χ3n) is 3.95. The SMILES string of the molecule is COc1cc(CCC(=O)Nc2nnc(-c3ccccc3)s2)ccc1OCC(F)(F)F. The summed E-state index contributed by atoms with van der Waals surface area (Å²) in [4.78, 5) is 12.2. The average molecular weight is 437 g/mol. The molecular formula is C20H18F3N3O3S. The average Bonchev–Trinajstić information content (AvgIpc) is 3.19. The van der Waals surface area contributed by atoms with Crippen molar-refractivity contribution in [1.29, 1.82) is 0 Å². The normalized spacial score (nSPS) is 11.2. The number of hydrogen-bond acceptors (Lipinski definition) is 6. The number of aryl methyl sites for hydroxylation is 1. The van der Waals surface area contributed by atoms with Crippen molar-refractivity contribution in [2.24, 2.45) is 0 Å². The lowest BCUT2D eigenvalue weighted by Gasteiger charge is -2.13. The van der Waals surface area contributed by atoms with E-state index in [1.807, 2.05) is 30.3 Å². The molecule has 1 amide bonds. The van der Waals surface area contributed by atoms with Crippen molar-refractivity contribution in [1.82, 2.24) is 10.2 Å². The summed E-state index contributed by atoms with van der Waals surface area (Å²) in [6.07, 6.45) is -3.91. The molecule has 0 fully saturated rings. The van der Waals surface area contributed by atoms with Crippen LogP contribution in [0.5, 0.6) is 11.5 Å². The Labute approximate surface area is 174 Å². The maximum absolute atomic E-state index is 12.3. The number of hydrogen-bond donors (Lipinski definition) is 1. The van der Waals surface area contributed by atoms with Gasteiger partial charge >= 0.3 is 6.18 Å². The molecule has 0 bridgehead atoms. The number of rotatable bonds is 8. The molecule has 158 valence electrons. The number of nitrogens with one attached hydrogen (secondary N) is 1. The van der Waals surface area contributed by atoms with Gasteiger partial charge in [-0.1, -0.05) is 47.7 Å². The second-order valence-electron chi connectivity index (χ2n) is 6.22. The second kappa shape index (κ2) is 9.57. The van der Waals surface area contributed by atoms with Gasteiger partial charge in [0, 0.05) is 12.0 Å². The van der Waals surface area contributed by atoms with Crippen molar-refractivity contribution >= 4 is 22.4 Å². The van der Waals surface area contributed by atoms with Crippen molar-refractivity contribution in [2.45, 2.75) is 19.0 Å². The zero-order valence-electron chi connectivity index (χ0n) is 15.9. The Kier molecular flexibility index (Phi) is 6.88. The molecular weight excluding hydrogens is 419 g/mol. The van der Waals surface area contributed by atoms with E-state index in [9.17, 15) is 18.0 Å². The van der Waals surface area contributed by atoms with E-state index >= 15 is 0 Å². The maximum Gasteiger partial charge on any atom is 0.422 e. The number of benzene rings is 2. The highest BCUT2D eigenvalue weighted by Gasteiger charge is 2.29. The first-order chi connectivity index (χ1) is 14.3. The smallest absolute Gasteiger partial charge is 0.422 e. The molecule has 1 aromatic heterocycles. The molecule has 0 saturated heterocycles. The summed E-state index contributed by atoms with van der Waals surface area (Å²) in [5.41, 5.74) is 1.64. The molecule has 6 nitrogen and oxygen atoms in total. The highest BCUT2D eigenvalue weighted by atomic mass is 32.1. The van der Waals surface area contributed by atoms with Crippen LogP contribution >= 0.6 is 11.3 Å². The Balaban J connectivity index is 1.55. The van der Waals surface area contributed by atoms with Gasteiger partial charge in [-0.25, -0.2) is 0 Å². The van der Waals surface area contributed by atoms with E-state index in [-0.39, 0.29) is 23.8 Å². The fraction of sp³-hybridized carbons (Fsp3) is 0.250. The zero-order valence-corrected chi connectivity index (χ0v) is 16.7. The monoisotopic (exact) mass is 437 g/mol. The minimum absolute atomic E-state index is 0.00896. The molecule has 3 rings (SSSR count). The summed E-state index contributed by atoms with van der Waals surface area (Å²) in [5, 5.41) is 11.8. The minimum atomic E-state index is -4.44. The van der Waals surface area contributed by atoms with Gasteiger partial charge in [-0.2, -0.15) is 13.2 Å². The van der Waals surface area contributed by atoms with Crippen LogP contribution in [0, 0.1) is 0 Å². The number of carbonyl (C=O) groups is 1. The van der Waals surface area contributed by atoms with Crippen molar-refractivity contribution in [3.8, 4) is 22.1 Å². The number of aromatic nitrogens is 2. The van der Waals surface area contributed by atoms with E-state index in [0.29, 0.717) is 16.6 Å². The number of nitrogens with zero attached hydrogens (tertiary/aromatic N) is 2. The van der Waals surface area contributed by atoms with E-state index in [0.717, 1.165) is 11.1 Å². The fourth-order valence-corrected chi connectivity index (χ4v) is 3.32. The number of carbonyl (C=O) groups excluding carboxylic acids is 1. The molecule has 0 radical (unpaired) electrons. The van der Waals surface area contributed by atoms with E-state index in [1.165, 1.54) is 24.5 Å². The minimum Gasteiger partial charge on any atom is -0.493 e. The highest BCUT2D eigenvalue weighted by molar-refractivity contribution is 7.18. The predicted molar refractivity (Wildman–Crippen MR) is 107 cm³/mol. The van der Waals surface area contributed by atoms with E-state index in [2.05, 4.69) is 15.5 Å². The van der Waals surface area contributed by atoms with Gasteiger partial charge in [-0.3, -0.25) is 4.79 Å². The summed E-state index contributed by atoms with van der Waals surface area (Å²) < 4.78 is 46.8. The molecule has 2 aromatic carbocycles. The largest absolute Gasteiger partial charge is 0.493 e. The highest BCUT2D eigenvalue weighted by Crippen LogP contribution is 2.30. The summed E-state index contributed by atoms with van der Waals surface area (Å²) in [6, 6.07) is 14.0. The first kappa shape index (κ1) is 21.6. The third-order valence-corrected chi connectivity index (χ3v) is 4.84. The van der Waals surface area contributed by atoms with Gasteiger partial charge < -0.3 is 14.8 Å².